The third-order valence-corrected chi connectivity index (χ3v) is 4.91. The van der Waals surface area contributed by atoms with E-state index in [1.807, 2.05) is 0 Å². The minimum atomic E-state index is -1.97. The number of halogens is 2. The second kappa shape index (κ2) is 5.88. The van der Waals surface area contributed by atoms with Crippen molar-refractivity contribution in [2.45, 2.75) is 19.4 Å². The molecule has 0 bridgehead atoms. The fourth-order valence-corrected chi connectivity index (χ4v) is 3.42. The topological polar surface area (TPSA) is 66.4 Å². The van der Waals surface area contributed by atoms with Crippen LogP contribution in [0.3, 0.4) is 0 Å². The first kappa shape index (κ1) is 17.0. The zero-order chi connectivity index (χ0) is 17.6. The second-order valence-corrected chi connectivity index (χ2v) is 6.83. The van der Waals surface area contributed by atoms with Crippen molar-refractivity contribution in [3.8, 4) is 0 Å². The highest BCUT2D eigenvalue weighted by atomic mass is 35.5. The van der Waals surface area contributed by atoms with Crippen molar-refractivity contribution in [2.75, 3.05) is 5.32 Å². The van der Waals surface area contributed by atoms with E-state index in [4.69, 9.17) is 23.2 Å². The number of carbonyl (C=O) groups excluding carboxylic acids is 2. The van der Waals surface area contributed by atoms with E-state index in [1.165, 1.54) is 13.0 Å². The van der Waals surface area contributed by atoms with Crippen LogP contribution in [0.4, 0.5) is 5.69 Å². The molecule has 2 N–H and O–H groups in total. The summed E-state index contributed by atoms with van der Waals surface area (Å²) in [5.74, 6) is -1.97. The van der Waals surface area contributed by atoms with Gasteiger partial charge in [-0.3, -0.25) is 9.59 Å². The molecule has 0 aromatic heterocycles. The van der Waals surface area contributed by atoms with Crippen LogP contribution in [-0.4, -0.2) is 16.8 Å². The van der Waals surface area contributed by atoms with Gasteiger partial charge in [-0.25, -0.2) is 0 Å². The summed E-state index contributed by atoms with van der Waals surface area (Å²) >= 11 is 11.9. The molecule has 1 aliphatic rings. The highest BCUT2D eigenvalue weighted by molar-refractivity contribution is 6.31. The summed E-state index contributed by atoms with van der Waals surface area (Å²) in [4.78, 5) is 25.2. The van der Waals surface area contributed by atoms with Gasteiger partial charge in [0, 0.05) is 21.2 Å². The third kappa shape index (κ3) is 2.51. The molecular weight excluding hydrogens is 349 g/mol. The van der Waals surface area contributed by atoms with Crippen LogP contribution >= 0.6 is 23.2 Å². The Labute approximate surface area is 149 Å². The standard InChI is InChI=1S/C18H15Cl2NO3/c1-9-7-13(20)8-14-15(9)21-17(23)18(14,24)10(2)16(22)11-3-5-12(19)6-4-11/h3-8,10,24H,1-2H3,(H,21,23)/t10-,18-/m0/s1. The number of hydrogen-bond donors (Lipinski definition) is 2. The van der Waals surface area contributed by atoms with Gasteiger partial charge in [-0.1, -0.05) is 30.1 Å². The number of anilines is 1. The molecule has 0 spiro atoms. The largest absolute Gasteiger partial charge is 0.375 e. The van der Waals surface area contributed by atoms with E-state index in [1.54, 1.807) is 37.3 Å². The van der Waals surface area contributed by atoms with Crippen molar-refractivity contribution < 1.29 is 14.7 Å². The average molecular weight is 364 g/mol. The van der Waals surface area contributed by atoms with E-state index in [0.717, 1.165) is 5.56 Å². The van der Waals surface area contributed by atoms with Crippen molar-refractivity contribution in [3.63, 3.8) is 0 Å². The number of nitrogens with one attached hydrogen (secondary N) is 1. The maximum Gasteiger partial charge on any atom is 0.261 e. The minimum absolute atomic E-state index is 0.326. The van der Waals surface area contributed by atoms with Crippen molar-refractivity contribution in [1.82, 2.24) is 0 Å². The van der Waals surface area contributed by atoms with E-state index in [-0.39, 0.29) is 5.78 Å². The lowest BCUT2D eigenvalue weighted by Crippen LogP contribution is -2.44. The molecule has 0 saturated carbocycles. The van der Waals surface area contributed by atoms with Crippen LogP contribution in [0.25, 0.3) is 0 Å². The van der Waals surface area contributed by atoms with Crippen LogP contribution in [0.1, 0.15) is 28.4 Å². The summed E-state index contributed by atoms with van der Waals surface area (Å²) in [7, 11) is 0. The smallest absolute Gasteiger partial charge is 0.261 e. The van der Waals surface area contributed by atoms with E-state index < -0.39 is 17.4 Å². The van der Waals surface area contributed by atoms with E-state index >= 15 is 0 Å². The molecule has 2 aromatic carbocycles. The van der Waals surface area contributed by atoms with Crippen LogP contribution in [0.15, 0.2) is 36.4 Å². The number of ketones is 1. The number of aliphatic hydroxyl groups is 1. The van der Waals surface area contributed by atoms with Gasteiger partial charge in [-0.15, -0.1) is 0 Å². The molecule has 3 rings (SSSR count). The molecule has 0 fully saturated rings. The molecule has 2 aromatic rings. The Hall–Kier alpha value is -1.88. The molecule has 24 heavy (non-hydrogen) atoms. The van der Waals surface area contributed by atoms with Gasteiger partial charge in [-0.2, -0.15) is 0 Å². The van der Waals surface area contributed by atoms with Gasteiger partial charge in [0.05, 0.1) is 11.6 Å². The maximum atomic E-state index is 12.8. The van der Waals surface area contributed by atoms with Crippen LogP contribution in [-0.2, 0) is 10.4 Å². The molecule has 0 saturated heterocycles. The summed E-state index contributed by atoms with van der Waals surface area (Å²) in [5.41, 5.74) is -0.0370. The van der Waals surface area contributed by atoms with Crippen LogP contribution in [0.2, 0.25) is 10.0 Å². The molecular formula is C18H15Cl2NO3. The van der Waals surface area contributed by atoms with Gasteiger partial charge in [0.2, 0.25) is 0 Å². The zero-order valence-electron chi connectivity index (χ0n) is 13.1. The zero-order valence-corrected chi connectivity index (χ0v) is 14.6. The van der Waals surface area contributed by atoms with Gasteiger partial charge in [0.1, 0.15) is 0 Å². The summed E-state index contributed by atoms with van der Waals surface area (Å²) < 4.78 is 0. The predicted octanol–water partition coefficient (Wildman–Crippen LogP) is 3.96. The Kier molecular flexibility index (Phi) is 4.16. The second-order valence-electron chi connectivity index (χ2n) is 5.96. The highest BCUT2D eigenvalue weighted by Gasteiger charge is 2.52. The summed E-state index contributed by atoms with van der Waals surface area (Å²) in [5, 5.41) is 14.7. The average Bonchev–Trinajstić information content (AvgIpc) is 2.80. The highest BCUT2D eigenvalue weighted by Crippen LogP contribution is 2.44. The minimum Gasteiger partial charge on any atom is -0.375 e. The Morgan fingerprint density at radius 3 is 2.42 bits per heavy atom. The van der Waals surface area contributed by atoms with Crippen LogP contribution in [0, 0.1) is 12.8 Å². The molecule has 6 heteroatoms. The maximum absolute atomic E-state index is 12.8. The fourth-order valence-electron chi connectivity index (χ4n) is 3.02. The van der Waals surface area contributed by atoms with E-state index in [2.05, 4.69) is 5.32 Å². The molecule has 0 radical (unpaired) electrons. The molecule has 2 atom stereocenters. The Morgan fingerprint density at radius 1 is 1.17 bits per heavy atom. The number of aryl methyl sites for hydroxylation is 1. The number of rotatable bonds is 3. The lowest BCUT2D eigenvalue weighted by atomic mass is 9.79. The molecule has 0 unspecified atom stereocenters. The van der Waals surface area contributed by atoms with Crippen molar-refractivity contribution in [2.24, 2.45) is 5.92 Å². The summed E-state index contributed by atoms with van der Waals surface area (Å²) in [6.07, 6.45) is 0. The normalized spacial score (nSPS) is 20.5. The first-order chi connectivity index (χ1) is 11.2. The fraction of sp³-hybridized carbons (Fsp3) is 0.222. The van der Waals surface area contributed by atoms with Crippen LogP contribution in [0.5, 0.6) is 0 Å². The SMILES string of the molecule is Cc1cc(Cl)cc2c1NC(=O)[C@]2(O)[C@@H](C)C(=O)c1ccc(Cl)cc1. The first-order valence-corrected chi connectivity index (χ1v) is 8.15. The third-order valence-electron chi connectivity index (χ3n) is 4.44. The monoisotopic (exact) mass is 363 g/mol. The lowest BCUT2D eigenvalue weighted by Gasteiger charge is -2.27. The number of amides is 1. The Balaban J connectivity index is 2.06. The predicted molar refractivity (Wildman–Crippen MR) is 93.7 cm³/mol. The Morgan fingerprint density at radius 2 is 1.79 bits per heavy atom. The van der Waals surface area contributed by atoms with E-state index in [0.29, 0.717) is 26.9 Å². The van der Waals surface area contributed by atoms with Crippen molar-refractivity contribution in [3.05, 3.63) is 63.1 Å². The summed E-state index contributed by atoms with van der Waals surface area (Å²) in [6.45, 7) is 3.31. The Bertz CT molecular complexity index is 848. The van der Waals surface area contributed by atoms with Crippen LogP contribution < -0.4 is 5.32 Å². The molecule has 1 amide bonds. The van der Waals surface area contributed by atoms with Crippen molar-refractivity contribution >= 4 is 40.6 Å². The van der Waals surface area contributed by atoms with Gasteiger partial charge in [0.25, 0.3) is 5.91 Å². The molecule has 4 nitrogen and oxygen atoms in total. The quantitative estimate of drug-likeness (QED) is 0.811. The lowest BCUT2D eigenvalue weighted by molar-refractivity contribution is -0.137. The number of fused-ring (bicyclic) bond motifs is 1. The molecule has 0 aliphatic carbocycles. The number of carbonyl (C=O) groups is 2. The van der Waals surface area contributed by atoms with Crippen molar-refractivity contribution in [1.29, 1.82) is 0 Å². The molecule has 124 valence electrons. The molecule has 1 aliphatic heterocycles. The number of hydrogen-bond acceptors (Lipinski definition) is 3. The van der Waals surface area contributed by atoms with Gasteiger partial charge in [-0.05, 0) is 48.9 Å². The first-order valence-electron chi connectivity index (χ1n) is 7.39. The van der Waals surface area contributed by atoms with Gasteiger partial charge in [0.15, 0.2) is 11.4 Å². The molecule has 1 heterocycles. The number of benzene rings is 2. The van der Waals surface area contributed by atoms with Gasteiger partial charge < -0.3 is 10.4 Å². The number of Topliss-reactive ketones (excluding diaryl/α,β-unsaturated/α-hetero) is 1. The summed E-state index contributed by atoms with van der Waals surface area (Å²) in [6, 6.07) is 9.54. The van der Waals surface area contributed by atoms with E-state index in [9.17, 15) is 14.7 Å². The van der Waals surface area contributed by atoms with Gasteiger partial charge >= 0.3 is 0 Å².